The Morgan fingerprint density at radius 3 is 2.90 bits per heavy atom. The molecule has 0 radical (unpaired) electrons. The predicted octanol–water partition coefficient (Wildman–Crippen LogP) is 1.49. The van der Waals surface area contributed by atoms with Crippen molar-refractivity contribution in [2.75, 3.05) is 6.61 Å². The summed E-state index contributed by atoms with van der Waals surface area (Å²) < 4.78 is 6.32. The maximum Gasteiger partial charge on any atom is 0.330 e. The van der Waals surface area contributed by atoms with Crippen molar-refractivity contribution in [3.8, 4) is 0 Å². The highest BCUT2D eigenvalue weighted by atomic mass is 16.5. The number of Topliss-reactive ketones (excluding diaryl/α,β-unsaturated/α-hetero) is 1. The van der Waals surface area contributed by atoms with Gasteiger partial charge in [0.1, 0.15) is 0 Å². The average molecular weight is 275 g/mol. The van der Waals surface area contributed by atoms with Crippen LogP contribution in [-0.4, -0.2) is 22.9 Å². The molecule has 0 aliphatic heterocycles. The molecule has 0 amide bonds. The molecule has 0 unspecified atom stereocenters. The van der Waals surface area contributed by atoms with E-state index in [0.29, 0.717) is 25.0 Å². The van der Waals surface area contributed by atoms with Crippen LogP contribution in [0.15, 0.2) is 29.1 Å². The molecule has 1 aromatic heterocycles. The summed E-state index contributed by atoms with van der Waals surface area (Å²) >= 11 is 0. The molecule has 1 aliphatic rings. The minimum atomic E-state index is -0.429. The number of carbonyl (C=O) groups is 2. The highest BCUT2D eigenvalue weighted by molar-refractivity contribution is 5.98. The molecule has 0 fully saturated rings. The van der Waals surface area contributed by atoms with Crippen molar-refractivity contribution in [2.45, 2.75) is 32.7 Å². The highest BCUT2D eigenvalue weighted by Crippen LogP contribution is 2.19. The molecule has 1 aromatic rings. The lowest BCUT2D eigenvalue weighted by Gasteiger charge is -2.18. The molecule has 106 valence electrons. The second-order valence-corrected chi connectivity index (χ2v) is 4.57. The Balaban J connectivity index is 2.24. The monoisotopic (exact) mass is 275 g/mol. The number of hydrogen-bond donors (Lipinski definition) is 0. The van der Waals surface area contributed by atoms with Crippen LogP contribution < -0.4 is 5.56 Å². The molecule has 1 heterocycles. The van der Waals surface area contributed by atoms with E-state index in [2.05, 4.69) is 0 Å². The van der Waals surface area contributed by atoms with Crippen LogP contribution in [0.4, 0.5) is 0 Å². The molecule has 0 saturated heterocycles. The minimum Gasteiger partial charge on any atom is -0.463 e. The molecular formula is C15H17NO4. The normalized spacial score (nSPS) is 14.3. The second kappa shape index (κ2) is 6.32. The number of hydrogen-bond acceptors (Lipinski definition) is 4. The second-order valence-electron chi connectivity index (χ2n) is 4.57. The number of nitrogens with zero attached hydrogens (tertiary/aromatic N) is 1. The number of carbonyl (C=O) groups excluding carboxylic acids is 2. The van der Waals surface area contributed by atoms with Gasteiger partial charge in [-0.05, 0) is 25.8 Å². The van der Waals surface area contributed by atoms with Gasteiger partial charge in [-0.2, -0.15) is 0 Å². The minimum absolute atomic E-state index is 0.0781. The van der Waals surface area contributed by atoms with Gasteiger partial charge in [-0.25, -0.2) is 4.79 Å². The summed E-state index contributed by atoms with van der Waals surface area (Å²) in [5.74, 6) is -0.351. The average Bonchev–Trinajstić information content (AvgIpc) is 2.42. The first-order valence-electron chi connectivity index (χ1n) is 6.72. The molecule has 0 saturated carbocycles. The van der Waals surface area contributed by atoms with E-state index in [4.69, 9.17) is 4.74 Å². The topological polar surface area (TPSA) is 65.4 Å². The summed E-state index contributed by atoms with van der Waals surface area (Å²) in [6.45, 7) is 2.32. The third-order valence-corrected chi connectivity index (χ3v) is 3.24. The Morgan fingerprint density at radius 1 is 1.35 bits per heavy atom. The zero-order valence-corrected chi connectivity index (χ0v) is 11.4. The molecular weight excluding hydrogens is 258 g/mol. The van der Waals surface area contributed by atoms with Gasteiger partial charge >= 0.3 is 5.97 Å². The maximum atomic E-state index is 11.9. The zero-order chi connectivity index (χ0) is 14.5. The largest absolute Gasteiger partial charge is 0.463 e. The summed E-state index contributed by atoms with van der Waals surface area (Å²) in [5, 5.41) is 0. The molecule has 5 heteroatoms. The van der Waals surface area contributed by atoms with Crippen LogP contribution in [0, 0.1) is 0 Å². The smallest absolute Gasteiger partial charge is 0.330 e. The zero-order valence-electron chi connectivity index (χ0n) is 11.4. The summed E-state index contributed by atoms with van der Waals surface area (Å²) in [6.07, 6.45) is 4.89. The van der Waals surface area contributed by atoms with E-state index in [1.165, 1.54) is 12.1 Å². The third-order valence-electron chi connectivity index (χ3n) is 3.24. The molecule has 5 nitrogen and oxygen atoms in total. The predicted molar refractivity (Wildman–Crippen MR) is 73.7 cm³/mol. The van der Waals surface area contributed by atoms with Crippen LogP contribution in [0.5, 0.6) is 0 Å². The number of aromatic nitrogens is 1. The van der Waals surface area contributed by atoms with Crippen molar-refractivity contribution in [1.82, 2.24) is 4.57 Å². The van der Waals surface area contributed by atoms with E-state index in [1.807, 2.05) is 0 Å². The molecule has 0 aromatic carbocycles. The van der Waals surface area contributed by atoms with E-state index in [0.717, 1.165) is 12.1 Å². The van der Waals surface area contributed by atoms with E-state index in [1.54, 1.807) is 23.6 Å². The first-order chi connectivity index (χ1) is 9.63. The Labute approximate surface area is 116 Å². The van der Waals surface area contributed by atoms with Crippen LogP contribution in [0.25, 0.3) is 0 Å². The van der Waals surface area contributed by atoms with Crippen LogP contribution in [-0.2, 0) is 22.5 Å². The standard InChI is InChI=1S/C15H17NO4/c1-2-20-15(19)7-4-10-16-12-5-3-6-13(17)11(12)8-9-14(16)18/h4,7-9H,2-3,5-6,10H2,1H3/b7-4+. The number of esters is 1. The van der Waals surface area contributed by atoms with Crippen molar-refractivity contribution < 1.29 is 14.3 Å². The van der Waals surface area contributed by atoms with Gasteiger partial charge in [0.15, 0.2) is 5.78 Å². The van der Waals surface area contributed by atoms with Gasteiger partial charge in [-0.1, -0.05) is 6.08 Å². The van der Waals surface area contributed by atoms with Gasteiger partial charge in [-0.3, -0.25) is 9.59 Å². The molecule has 2 rings (SSSR count). The molecule has 0 spiro atoms. The maximum absolute atomic E-state index is 11.9. The molecule has 0 atom stereocenters. The number of rotatable bonds is 4. The number of ether oxygens (including phenoxy) is 1. The van der Waals surface area contributed by atoms with E-state index in [9.17, 15) is 14.4 Å². The van der Waals surface area contributed by atoms with Crippen molar-refractivity contribution in [2.24, 2.45) is 0 Å². The van der Waals surface area contributed by atoms with Crippen molar-refractivity contribution in [3.63, 3.8) is 0 Å². The van der Waals surface area contributed by atoms with Crippen molar-refractivity contribution in [1.29, 1.82) is 0 Å². The lowest BCUT2D eigenvalue weighted by molar-refractivity contribution is -0.137. The van der Waals surface area contributed by atoms with Gasteiger partial charge in [0.2, 0.25) is 0 Å². The van der Waals surface area contributed by atoms with E-state index in [-0.39, 0.29) is 17.9 Å². The summed E-state index contributed by atoms with van der Waals surface area (Å²) in [4.78, 5) is 34.9. The van der Waals surface area contributed by atoms with Gasteiger partial charge in [-0.15, -0.1) is 0 Å². The van der Waals surface area contributed by atoms with Gasteiger partial charge in [0.05, 0.1) is 6.61 Å². The van der Waals surface area contributed by atoms with Crippen molar-refractivity contribution >= 4 is 11.8 Å². The lowest BCUT2D eigenvalue weighted by Crippen LogP contribution is -2.27. The van der Waals surface area contributed by atoms with E-state index >= 15 is 0 Å². The summed E-state index contributed by atoms with van der Waals surface area (Å²) in [5.41, 5.74) is 1.23. The SMILES string of the molecule is CCOC(=O)/C=C/Cn1c2c(ccc1=O)C(=O)CCC2. The number of fused-ring (bicyclic) bond motifs is 1. The molecule has 0 N–H and O–H groups in total. The van der Waals surface area contributed by atoms with Crippen LogP contribution in [0.1, 0.15) is 35.8 Å². The van der Waals surface area contributed by atoms with E-state index < -0.39 is 5.97 Å². The Hall–Kier alpha value is -2.17. The molecule has 1 aliphatic carbocycles. The fourth-order valence-electron chi connectivity index (χ4n) is 2.34. The van der Waals surface area contributed by atoms with Crippen LogP contribution in [0.2, 0.25) is 0 Å². The number of pyridine rings is 1. The first kappa shape index (κ1) is 14.2. The molecule has 0 bridgehead atoms. The number of ketones is 1. The Morgan fingerprint density at radius 2 is 2.15 bits per heavy atom. The van der Waals surface area contributed by atoms with Crippen LogP contribution in [0.3, 0.4) is 0 Å². The fourth-order valence-corrected chi connectivity index (χ4v) is 2.34. The van der Waals surface area contributed by atoms with Gasteiger partial charge < -0.3 is 9.30 Å². The Kier molecular flexibility index (Phi) is 4.50. The fraction of sp³-hybridized carbons (Fsp3) is 0.400. The van der Waals surface area contributed by atoms with Gasteiger partial charge in [0, 0.05) is 36.4 Å². The van der Waals surface area contributed by atoms with Gasteiger partial charge in [0.25, 0.3) is 5.56 Å². The Bertz CT molecular complexity index is 613. The lowest BCUT2D eigenvalue weighted by atomic mass is 9.94. The summed E-state index contributed by atoms with van der Waals surface area (Å²) in [7, 11) is 0. The molecule has 20 heavy (non-hydrogen) atoms. The third kappa shape index (κ3) is 3.04. The highest BCUT2D eigenvalue weighted by Gasteiger charge is 2.20. The van der Waals surface area contributed by atoms with Crippen LogP contribution >= 0.6 is 0 Å². The number of allylic oxidation sites excluding steroid dienone is 1. The van der Waals surface area contributed by atoms with Crippen molar-refractivity contribution in [3.05, 3.63) is 45.9 Å². The first-order valence-corrected chi connectivity index (χ1v) is 6.72. The summed E-state index contributed by atoms with van der Waals surface area (Å²) in [6, 6.07) is 3.00. The quantitative estimate of drug-likeness (QED) is 0.617.